The summed E-state index contributed by atoms with van der Waals surface area (Å²) in [5.74, 6) is 0.688. The van der Waals surface area contributed by atoms with Crippen molar-refractivity contribution in [3.63, 3.8) is 0 Å². The highest BCUT2D eigenvalue weighted by atomic mass is 79.9. The fourth-order valence-electron chi connectivity index (χ4n) is 2.00. The van der Waals surface area contributed by atoms with Crippen LogP contribution in [0.3, 0.4) is 0 Å². The largest absolute Gasteiger partial charge is 0.497 e. The molecule has 0 saturated heterocycles. The maximum atomic E-state index is 13.4. The molecule has 5 heteroatoms. The van der Waals surface area contributed by atoms with Crippen molar-refractivity contribution in [2.45, 2.75) is 0 Å². The van der Waals surface area contributed by atoms with Gasteiger partial charge in [-0.3, -0.25) is 4.79 Å². The average molecular weight is 376 g/mol. The monoisotopic (exact) mass is 375 g/mol. The van der Waals surface area contributed by atoms with Gasteiger partial charge in [0.05, 0.1) is 23.0 Å². The maximum Gasteiger partial charge on any atom is 0.159 e. The van der Waals surface area contributed by atoms with E-state index >= 15 is 0 Å². The highest BCUT2D eigenvalue weighted by molar-refractivity contribution is 9.12. The van der Waals surface area contributed by atoms with Crippen molar-refractivity contribution >= 4 is 33.6 Å². The number of carbonyl (C=O) groups is 1. The molecular formula is C18H15BrFNO2. The standard InChI is InChI=1S/C18H15BrFNO2/c1-23-15-9-7-14(8-10-15)18(16(19)12-22)21-17(11-20)13-5-3-2-4-6-13/h2-10,12H,11H2,1H3/b18-16-,21-17?. The van der Waals surface area contributed by atoms with Gasteiger partial charge in [0.1, 0.15) is 12.4 Å². The summed E-state index contributed by atoms with van der Waals surface area (Å²) in [6.45, 7) is -0.733. The maximum absolute atomic E-state index is 13.4. The van der Waals surface area contributed by atoms with Gasteiger partial charge in [0.25, 0.3) is 0 Å². The van der Waals surface area contributed by atoms with Crippen molar-refractivity contribution in [2.24, 2.45) is 4.99 Å². The quantitative estimate of drug-likeness (QED) is 0.425. The fraction of sp³-hybridized carbons (Fsp3) is 0.111. The molecule has 0 unspecified atom stereocenters. The Hall–Kier alpha value is -2.27. The summed E-state index contributed by atoms with van der Waals surface area (Å²) in [6.07, 6.45) is 0.643. The van der Waals surface area contributed by atoms with Gasteiger partial charge >= 0.3 is 0 Å². The Morgan fingerprint density at radius 3 is 2.30 bits per heavy atom. The molecule has 23 heavy (non-hydrogen) atoms. The lowest BCUT2D eigenvalue weighted by molar-refractivity contribution is -0.104. The van der Waals surface area contributed by atoms with E-state index in [9.17, 15) is 9.18 Å². The molecule has 2 aromatic carbocycles. The Morgan fingerprint density at radius 2 is 1.78 bits per heavy atom. The number of ether oxygens (including phenoxy) is 1. The molecule has 3 nitrogen and oxygen atoms in total. The van der Waals surface area contributed by atoms with Gasteiger partial charge in [-0.05, 0) is 45.8 Å². The molecule has 0 aliphatic rings. The van der Waals surface area contributed by atoms with Crippen LogP contribution in [0.5, 0.6) is 5.75 Å². The number of hydrogen-bond donors (Lipinski definition) is 0. The van der Waals surface area contributed by atoms with E-state index in [1.165, 1.54) is 0 Å². The van der Waals surface area contributed by atoms with Gasteiger partial charge in [0, 0.05) is 5.56 Å². The van der Waals surface area contributed by atoms with E-state index in [-0.39, 0.29) is 10.2 Å². The van der Waals surface area contributed by atoms with E-state index in [0.29, 0.717) is 28.9 Å². The van der Waals surface area contributed by atoms with Gasteiger partial charge in [-0.1, -0.05) is 30.3 Å². The van der Waals surface area contributed by atoms with Crippen molar-refractivity contribution in [3.8, 4) is 5.75 Å². The van der Waals surface area contributed by atoms with Crippen LogP contribution in [0.4, 0.5) is 4.39 Å². The van der Waals surface area contributed by atoms with Crippen molar-refractivity contribution in [1.82, 2.24) is 0 Å². The number of allylic oxidation sites excluding steroid dienone is 1. The molecule has 118 valence electrons. The van der Waals surface area contributed by atoms with Gasteiger partial charge in [-0.2, -0.15) is 0 Å². The number of alkyl halides is 1. The third-order valence-corrected chi connectivity index (χ3v) is 3.74. The third-order valence-electron chi connectivity index (χ3n) is 3.17. The molecule has 0 amide bonds. The predicted octanol–water partition coefficient (Wildman–Crippen LogP) is 4.42. The average Bonchev–Trinajstić information content (AvgIpc) is 2.63. The Labute approximate surface area is 142 Å². The fourth-order valence-corrected chi connectivity index (χ4v) is 2.32. The third kappa shape index (κ3) is 4.36. The first-order valence-electron chi connectivity index (χ1n) is 6.88. The van der Waals surface area contributed by atoms with Crippen molar-refractivity contribution in [2.75, 3.05) is 13.8 Å². The number of aliphatic imine (C=N–C) groups is 1. The van der Waals surface area contributed by atoms with Gasteiger partial charge < -0.3 is 4.74 Å². The lowest BCUT2D eigenvalue weighted by atomic mass is 10.1. The zero-order valence-corrected chi connectivity index (χ0v) is 14.1. The summed E-state index contributed by atoms with van der Waals surface area (Å²) in [5.41, 5.74) is 1.99. The van der Waals surface area contributed by atoms with Gasteiger partial charge in [0.2, 0.25) is 0 Å². The second-order valence-electron chi connectivity index (χ2n) is 4.60. The number of benzene rings is 2. The van der Waals surface area contributed by atoms with Crippen LogP contribution in [0.25, 0.3) is 5.70 Å². The first-order chi connectivity index (χ1) is 11.2. The molecule has 0 fully saturated rings. The number of methoxy groups -OCH3 is 1. The predicted molar refractivity (Wildman–Crippen MR) is 93.9 cm³/mol. The van der Waals surface area contributed by atoms with Crippen molar-refractivity contribution in [1.29, 1.82) is 0 Å². The number of halogens is 2. The lowest BCUT2D eigenvalue weighted by Gasteiger charge is -2.08. The van der Waals surface area contributed by atoms with E-state index < -0.39 is 6.67 Å². The van der Waals surface area contributed by atoms with Crippen LogP contribution >= 0.6 is 15.9 Å². The Kier molecular flexibility index (Phi) is 6.23. The summed E-state index contributed by atoms with van der Waals surface area (Å²) in [4.78, 5) is 15.5. The Bertz CT molecular complexity index is 724. The first kappa shape index (κ1) is 17.1. The smallest absolute Gasteiger partial charge is 0.159 e. The summed E-state index contributed by atoms with van der Waals surface area (Å²) in [6, 6.07) is 16.1. The summed E-state index contributed by atoms with van der Waals surface area (Å²) in [7, 11) is 1.57. The highest BCUT2D eigenvalue weighted by Crippen LogP contribution is 2.26. The number of rotatable bonds is 6. The van der Waals surface area contributed by atoms with Crippen LogP contribution < -0.4 is 4.74 Å². The van der Waals surface area contributed by atoms with Gasteiger partial charge in [0.15, 0.2) is 6.29 Å². The lowest BCUT2D eigenvalue weighted by Crippen LogP contribution is -2.04. The SMILES string of the molecule is COc1ccc(/C(N=C(CF)c2ccccc2)=C(/Br)C=O)cc1. The minimum Gasteiger partial charge on any atom is -0.497 e. The molecule has 0 spiro atoms. The molecule has 0 radical (unpaired) electrons. The van der Waals surface area contributed by atoms with Gasteiger partial charge in [-0.15, -0.1) is 0 Å². The second-order valence-corrected chi connectivity index (χ2v) is 5.46. The normalized spacial score (nSPS) is 12.6. The van der Waals surface area contributed by atoms with E-state index in [2.05, 4.69) is 20.9 Å². The van der Waals surface area contributed by atoms with Crippen LogP contribution in [0, 0.1) is 0 Å². The van der Waals surface area contributed by atoms with E-state index in [1.54, 1.807) is 43.5 Å². The minimum atomic E-state index is -0.733. The van der Waals surface area contributed by atoms with Crippen molar-refractivity contribution < 1.29 is 13.9 Å². The molecule has 2 aromatic rings. The second kappa shape index (κ2) is 8.39. The van der Waals surface area contributed by atoms with Crippen LogP contribution in [0.2, 0.25) is 0 Å². The molecular weight excluding hydrogens is 361 g/mol. The van der Waals surface area contributed by atoms with E-state index in [4.69, 9.17) is 4.74 Å². The molecule has 0 heterocycles. The zero-order chi connectivity index (χ0) is 16.7. The number of nitrogens with zero attached hydrogens (tertiary/aromatic N) is 1. The van der Waals surface area contributed by atoms with E-state index in [0.717, 1.165) is 0 Å². The summed E-state index contributed by atoms with van der Waals surface area (Å²) >= 11 is 3.20. The van der Waals surface area contributed by atoms with E-state index in [1.807, 2.05) is 18.2 Å². The minimum absolute atomic E-state index is 0.254. The molecule has 0 saturated carbocycles. The van der Waals surface area contributed by atoms with Crippen LogP contribution in [-0.4, -0.2) is 25.8 Å². The molecule has 0 aromatic heterocycles. The number of carbonyl (C=O) groups excluding carboxylic acids is 1. The zero-order valence-electron chi connectivity index (χ0n) is 12.5. The molecule has 0 atom stereocenters. The Balaban J connectivity index is 2.50. The summed E-state index contributed by atoms with van der Waals surface area (Å²) in [5, 5.41) is 0. The first-order valence-corrected chi connectivity index (χ1v) is 7.67. The van der Waals surface area contributed by atoms with Crippen LogP contribution in [0.15, 0.2) is 64.1 Å². The Morgan fingerprint density at radius 1 is 1.13 bits per heavy atom. The number of aldehydes is 1. The molecule has 0 bridgehead atoms. The molecule has 2 rings (SSSR count). The molecule has 0 N–H and O–H groups in total. The number of hydrogen-bond acceptors (Lipinski definition) is 3. The van der Waals surface area contributed by atoms with Crippen molar-refractivity contribution in [3.05, 3.63) is 70.2 Å². The summed E-state index contributed by atoms with van der Waals surface area (Å²) < 4.78 is 18.8. The van der Waals surface area contributed by atoms with Gasteiger partial charge in [-0.25, -0.2) is 9.38 Å². The topological polar surface area (TPSA) is 38.7 Å². The van der Waals surface area contributed by atoms with Crippen LogP contribution in [-0.2, 0) is 4.79 Å². The van der Waals surface area contributed by atoms with Crippen LogP contribution in [0.1, 0.15) is 11.1 Å². The highest BCUT2D eigenvalue weighted by Gasteiger charge is 2.10. The molecule has 0 aliphatic heterocycles. The molecule has 0 aliphatic carbocycles.